The number of carbonyl (C=O) groups is 2. The summed E-state index contributed by atoms with van der Waals surface area (Å²) in [6, 6.07) is 18.8. The molecular formula is C31H35ClN4O3. The van der Waals surface area contributed by atoms with Crippen molar-refractivity contribution in [3.63, 3.8) is 0 Å². The van der Waals surface area contributed by atoms with Gasteiger partial charge in [-0.05, 0) is 68.1 Å². The number of nitrogens with one attached hydrogen (secondary N) is 1. The van der Waals surface area contributed by atoms with Gasteiger partial charge in [-0.2, -0.15) is 0 Å². The Morgan fingerprint density at radius 3 is 2.54 bits per heavy atom. The van der Waals surface area contributed by atoms with E-state index < -0.39 is 6.04 Å². The molecule has 1 N–H and O–H groups in total. The lowest BCUT2D eigenvalue weighted by molar-refractivity contribution is -0.139. The van der Waals surface area contributed by atoms with E-state index in [0.29, 0.717) is 35.1 Å². The minimum Gasteiger partial charge on any atom is -0.489 e. The lowest BCUT2D eigenvalue weighted by Gasteiger charge is -2.35. The fourth-order valence-electron chi connectivity index (χ4n) is 5.47. The molecule has 2 fully saturated rings. The van der Waals surface area contributed by atoms with Crippen molar-refractivity contribution in [1.82, 2.24) is 9.88 Å². The van der Waals surface area contributed by atoms with Crippen molar-refractivity contribution in [3.05, 3.63) is 83.1 Å². The SMILES string of the molecule is Cc1ccccc1N1CCC(Oc2ccc(NC(=O)[C@H]3CCCCN3C(=O)Cc3ccccn3)cc2Cl)CC1. The monoisotopic (exact) mass is 546 g/mol. The summed E-state index contributed by atoms with van der Waals surface area (Å²) in [5, 5.41) is 3.43. The highest BCUT2D eigenvalue weighted by molar-refractivity contribution is 6.32. The van der Waals surface area contributed by atoms with Crippen LogP contribution in [0.4, 0.5) is 11.4 Å². The van der Waals surface area contributed by atoms with Crippen molar-refractivity contribution in [3.8, 4) is 5.75 Å². The number of para-hydroxylation sites is 1. The third-order valence-corrected chi connectivity index (χ3v) is 7.87. The summed E-state index contributed by atoms with van der Waals surface area (Å²) in [7, 11) is 0. The Morgan fingerprint density at radius 2 is 1.79 bits per heavy atom. The van der Waals surface area contributed by atoms with Crippen LogP contribution in [0.5, 0.6) is 5.75 Å². The standard InChI is InChI=1S/C31H35ClN4O3/c1-22-8-2-3-10-27(22)35-18-14-25(15-19-35)39-29-13-12-24(20-26(29)32)34-31(38)28-11-5-7-17-36(28)30(37)21-23-9-4-6-16-33-23/h2-4,6,8-10,12-13,16,20,25,28H,5,7,11,14-15,17-19,21H2,1H3,(H,34,38)/t28-/m1/s1. The van der Waals surface area contributed by atoms with Crippen LogP contribution in [-0.2, 0) is 16.0 Å². The molecule has 2 amide bonds. The predicted octanol–water partition coefficient (Wildman–Crippen LogP) is 5.65. The number of benzene rings is 2. The quantitative estimate of drug-likeness (QED) is 0.414. The number of hydrogen-bond acceptors (Lipinski definition) is 5. The summed E-state index contributed by atoms with van der Waals surface area (Å²) in [6.45, 7) is 4.57. The first-order valence-electron chi connectivity index (χ1n) is 13.7. The van der Waals surface area contributed by atoms with E-state index >= 15 is 0 Å². The Labute approximate surface area is 235 Å². The molecule has 2 aliphatic rings. The van der Waals surface area contributed by atoms with Crippen LogP contribution in [0.15, 0.2) is 66.9 Å². The molecule has 1 atom stereocenters. The maximum absolute atomic E-state index is 13.2. The van der Waals surface area contributed by atoms with Crippen molar-refractivity contribution < 1.29 is 14.3 Å². The highest BCUT2D eigenvalue weighted by Gasteiger charge is 2.32. The molecule has 0 unspecified atom stereocenters. The van der Waals surface area contributed by atoms with Crippen LogP contribution < -0.4 is 15.0 Å². The molecule has 1 aromatic heterocycles. The van der Waals surface area contributed by atoms with Crippen molar-refractivity contribution >= 4 is 34.8 Å². The zero-order valence-electron chi connectivity index (χ0n) is 22.3. The van der Waals surface area contributed by atoms with Crippen LogP contribution in [-0.4, -0.2) is 53.5 Å². The molecule has 3 aromatic rings. The molecule has 0 aliphatic carbocycles. The van der Waals surface area contributed by atoms with E-state index in [-0.39, 0.29) is 24.3 Å². The zero-order chi connectivity index (χ0) is 27.2. The van der Waals surface area contributed by atoms with Gasteiger partial charge in [-0.15, -0.1) is 0 Å². The zero-order valence-corrected chi connectivity index (χ0v) is 23.1. The molecule has 39 heavy (non-hydrogen) atoms. The summed E-state index contributed by atoms with van der Waals surface area (Å²) < 4.78 is 6.25. The molecule has 5 rings (SSSR count). The summed E-state index contributed by atoms with van der Waals surface area (Å²) in [5.74, 6) is 0.343. The van der Waals surface area contributed by atoms with Crippen molar-refractivity contribution in [1.29, 1.82) is 0 Å². The molecule has 204 valence electrons. The number of hydrogen-bond donors (Lipinski definition) is 1. The van der Waals surface area contributed by atoms with Gasteiger partial charge in [0.2, 0.25) is 11.8 Å². The minimum atomic E-state index is -0.511. The number of piperidine rings is 2. The molecule has 0 radical (unpaired) electrons. The fourth-order valence-corrected chi connectivity index (χ4v) is 5.70. The molecule has 0 spiro atoms. The first-order valence-corrected chi connectivity index (χ1v) is 14.1. The molecule has 0 bridgehead atoms. The van der Waals surface area contributed by atoms with Crippen LogP contribution in [0.2, 0.25) is 5.02 Å². The number of aryl methyl sites for hydroxylation is 1. The molecule has 2 aliphatic heterocycles. The highest BCUT2D eigenvalue weighted by Crippen LogP contribution is 2.32. The second kappa shape index (κ2) is 12.5. The van der Waals surface area contributed by atoms with E-state index in [0.717, 1.165) is 38.8 Å². The van der Waals surface area contributed by atoms with Gasteiger partial charge in [0.15, 0.2) is 0 Å². The maximum atomic E-state index is 13.2. The van der Waals surface area contributed by atoms with E-state index in [2.05, 4.69) is 46.4 Å². The fraction of sp³-hybridized carbons (Fsp3) is 0.387. The number of anilines is 2. The van der Waals surface area contributed by atoms with E-state index in [1.54, 1.807) is 17.2 Å². The predicted molar refractivity (Wildman–Crippen MR) is 154 cm³/mol. The number of amides is 2. The molecule has 7 nitrogen and oxygen atoms in total. The normalized spacial score (nSPS) is 18.1. The van der Waals surface area contributed by atoms with E-state index in [9.17, 15) is 9.59 Å². The third-order valence-electron chi connectivity index (χ3n) is 7.58. The van der Waals surface area contributed by atoms with E-state index in [1.807, 2.05) is 30.3 Å². The molecule has 3 heterocycles. The van der Waals surface area contributed by atoms with Crippen LogP contribution in [0.1, 0.15) is 43.4 Å². The largest absolute Gasteiger partial charge is 0.489 e. The second-order valence-electron chi connectivity index (χ2n) is 10.3. The van der Waals surface area contributed by atoms with E-state index in [1.165, 1.54) is 11.3 Å². The summed E-state index contributed by atoms with van der Waals surface area (Å²) in [4.78, 5) is 34.6. The number of pyridine rings is 1. The number of halogens is 1. The summed E-state index contributed by atoms with van der Waals surface area (Å²) in [5.41, 5.74) is 3.86. The van der Waals surface area contributed by atoms with Crippen LogP contribution in [0, 0.1) is 6.92 Å². The van der Waals surface area contributed by atoms with Gasteiger partial charge in [-0.3, -0.25) is 14.6 Å². The number of likely N-dealkylation sites (tertiary alicyclic amines) is 1. The van der Waals surface area contributed by atoms with Crippen LogP contribution >= 0.6 is 11.6 Å². The van der Waals surface area contributed by atoms with Crippen LogP contribution in [0.3, 0.4) is 0 Å². The minimum absolute atomic E-state index is 0.0798. The second-order valence-corrected chi connectivity index (χ2v) is 10.7. The van der Waals surface area contributed by atoms with Gasteiger partial charge < -0.3 is 19.9 Å². The van der Waals surface area contributed by atoms with Gasteiger partial charge in [-0.1, -0.05) is 35.9 Å². The Morgan fingerprint density at radius 1 is 1.00 bits per heavy atom. The number of aromatic nitrogens is 1. The Bertz CT molecular complexity index is 1290. The number of rotatable bonds is 7. The first kappa shape index (κ1) is 27.0. The summed E-state index contributed by atoms with van der Waals surface area (Å²) >= 11 is 6.57. The Balaban J connectivity index is 1.16. The van der Waals surface area contributed by atoms with Gasteiger partial charge in [0, 0.05) is 55.7 Å². The van der Waals surface area contributed by atoms with Crippen molar-refractivity contribution in [2.45, 2.75) is 57.6 Å². The van der Waals surface area contributed by atoms with Crippen molar-refractivity contribution in [2.75, 3.05) is 29.9 Å². The van der Waals surface area contributed by atoms with Crippen LogP contribution in [0.25, 0.3) is 0 Å². The molecule has 0 saturated carbocycles. The van der Waals surface area contributed by atoms with Gasteiger partial charge in [0.05, 0.1) is 11.4 Å². The smallest absolute Gasteiger partial charge is 0.247 e. The number of nitrogens with zero attached hydrogens (tertiary/aromatic N) is 3. The Hall–Kier alpha value is -3.58. The van der Waals surface area contributed by atoms with Gasteiger partial charge in [-0.25, -0.2) is 0 Å². The molecule has 2 saturated heterocycles. The lowest BCUT2D eigenvalue weighted by Crippen LogP contribution is -2.50. The van der Waals surface area contributed by atoms with Crippen molar-refractivity contribution in [2.24, 2.45) is 0 Å². The lowest BCUT2D eigenvalue weighted by atomic mass is 10.0. The third kappa shape index (κ3) is 6.71. The molecule has 2 aromatic carbocycles. The number of carbonyl (C=O) groups excluding carboxylic acids is 2. The average Bonchev–Trinajstić information content (AvgIpc) is 2.96. The average molecular weight is 547 g/mol. The van der Waals surface area contributed by atoms with Gasteiger partial charge in [0.1, 0.15) is 17.9 Å². The summed E-state index contributed by atoms with van der Waals surface area (Å²) in [6.07, 6.45) is 6.20. The van der Waals surface area contributed by atoms with Gasteiger partial charge >= 0.3 is 0 Å². The highest BCUT2D eigenvalue weighted by atomic mass is 35.5. The number of ether oxygens (including phenoxy) is 1. The topological polar surface area (TPSA) is 74.8 Å². The molecular weight excluding hydrogens is 512 g/mol. The first-order chi connectivity index (χ1) is 19.0. The maximum Gasteiger partial charge on any atom is 0.247 e. The van der Waals surface area contributed by atoms with E-state index in [4.69, 9.17) is 16.3 Å². The van der Waals surface area contributed by atoms with Gasteiger partial charge in [0.25, 0.3) is 0 Å². The Kier molecular flexibility index (Phi) is 8.67. The molecule has 8 heteroatoms.